The van der Waals surface area contributed by atoms with Crippen molar-refractivity contribution in [3.63, 3.8) is 0 Å². The van der Waals surface area contributed by atoms with Crippen LogP contribution in [0.4, 0.5) is 0 Å². The van der Waals surface area contributed by atoms with Crippen molar-refractivity contribution in [1.29, 1.82) is 0 Å². The molecule has 1 aliphatic rings. The van der Waals surface area contributed by atoms with Gasteiger partial charge in [0.15, 0.2) is 0 Å². The molecule has 1 aromatic heterocycles. The Morgan fingerprint density at radius 3 is 2.89 bits per heavy atom. The summed E-state index contributed by atoms with van der Waals surface area (Å²) in [5.41, 5.74) is 3.07. The molecule has 2 aromatic rings. The van der Waals surface area contributed by atoms with Crippen LogP contribution in [0.1, 0.15) is 23.9 Å². The van der Waals surface area contributed by atoms with E-state index in [4.69, 9.17) is 11.6 Å². The monoisotopic (exact) mass is 277 g/mol. The first-order chi connectivity index (χ1) is 9.11. The Labute approximate surface area is 117 Å². The van der Waals surface area contributed by atoms with Crippen LogP contribution in [0.2, 0.25) is 0 Å². The molecule has 0 aliphatic carbocycles. The number of aryl methyl sites for hydroxylation is 1. The van der Waals surface area contributed by atoms with Crippen molar-refractivity contribution < 1.29 is 4.79 Å². The second-order valence-corrected chi connectivity index (χ2v) is 5.36. The lowest BCUT2D eigenvalue weighted by Gasteiger charge is -2.15. The molecule has 3 rings (SSSR count). The van der Waals surface area contributed by atoms with Crippen LogP contribution < -0.4 is 0 Å². The number of alkyl halides is 1. The maximum atomic E-state index is 12.2. The molecular formula is C14H16ClN3O. The summed E-state index contributed by atoms with van der Waals surface area (Å²) in [5.74, 6) is 1.24. The van der Waals surface area contributed by atoms with Crippen LogP contribution >= 0.6 is 11.6 Å². The third-order valence-electron chi connectivity index (χ3n) is 3.75. The highest BCUT2D eigenvalue weighted by atomic mass is 35.5. The third kappa shape index (κ3) is 1.91. The van der Waals surface area contributed by atoms with Gasteiger partial charge in [0.25, 0.3) is 0 Å². The minimum atomic E-state index is -0.162. The van der Waals surface area contributed by atoms with Crippen LogP contribution in [0.15, 0.2) is 18.2 Å². The number of carbonyl (C=O) groups excluding carboxylic acids is 1. The molecule has 0 radical (unpaired) electrons. The fourth-order valence-electron chi connectivity index (χ4n) is 2.74. The van der Waals surface area contributed by atoms with Crippen LogP contribution in [0.3, 0.4) is 0 Å². The van der Waals surface area contributed by atoms with E-state index >= 15 is 0 Å². The summed E-state index contributed by atoms with van der Waals surface area (Å²) in [6.45, 7) is 2.83. The van der Waals surface area contributed by atoms with Gasteiger partial charge in [-0.15, -0.1) is 11.6 Å². The maximum Gasteiger partial charge on any atom is 0.245 e. The summed E-state index contributed by atoms with van der Waals surface area (Å²) < 4.78 is 2.02. The third-order valence-corrected chi connectivity index (χ3v) is 3.99. The van der Waals surface area contributed by atoms with E-state index in [1.54, 1.807) is 4.90 Å². The van der Waals surface area contributed by atoms with E-state index < -0.39 is 0 Å². The maximum absolute atomic E-state index is 12.2. The first-order valence-electron chi connectivity index (χ1n) is 6.40. The Kier molecular flexibility index (Phi) is 2.97. The number of benzene rings is 1. The molecule has 0 spiro atoms. The van der Waals surface area contributed by atoms with E-state index in [2.05, 4.69) is 11.1 Å². The molecule has 0 bridgehead atoms. The topological polar surface area (TPSA) is 38.1 Å². The van der Waals surface area contributed by atoms with Crippen LogP contribution in [0.25, 0.3) is 11.0 Å². The highest BCUT2D eigenvalue weighted by Gasteiger charge is 2.33. The molecule has 1 unspecified atom stereocenters. The minimum absolute atomic E-state index is 0.146. The molecule has 1 atom stereocenters. The summed E-state index contributed by atoms with van der Waals surface area (Å²) in [5, 5.41) is 0. The molecule has 1 fully saturated rings. The SMILES string of the molecule is Cc1ccc2nc(CCl)n(C3CCN(C)C3=O)c2c1. The first-order valence-corrected chi connectivity index (χ1v) is 6.93. The Balaban J connectivity index is 2.20. The molecule has 4 nitrogen and oxygen atoms in total. The van der Waals surface area contributed by atoms with E-state index in [0.717, 1.165) is 35.4 Å². The summed E-state index contributed by atoms with van der Waals surface area (Å²) >= 11 is 6.00. The molecule has 2 heterocycles. The molecule has 19 heavy (non-hydrogen) atoms. The van der Waals surface area contributed by atoms with Crippen LogP contribution in [-0.2, 0) is 10.7 Å². The molecule has 0 N–H and O–H groups in total. The Morgan fingerprint density at radius 2 is 2.26 bits per heavy atom. The predicted molar refractivity (Wildman–Crippen MR) is 75.3 cm³/mol. The zero-order valence-electron chi connectivity index (χ0n) is 11.1. The fraction of sp³-hybridized carbons (Fsp3) is 0.429. The van der Waals surface area contributed by atoms with Crippen molar-refractivity contribution in [1.82, 2.24) is 14.5 Å². The van der Waals surface area contributed by atoms with Gasteiger partial charge in [0, 0.05) is 13.6 Å². The summed E-state index contributed by atoms with van der Waals surface area (Å²) in [4.78, 5) is 18.5. The van der Waals surface area contributed by atoms with Gasteiger partial charge in [-0.25, -0.2) is 4.98 Å². The van der Waals surface area contributed by atoms with Gasteiger partial charge < -0.3 is 9.47 Å². The van der Waals surface area contributed by atoms with E-state index in [1.165, 1.54) is 0 Å². The van der Waals surface area contributed by atoms with Gasteiger partial charge in [-0.05, 0) is 31.0 Å². The van der Waals surface area contributed by atoms with E-state index in [9.17, 15) is 4.79 Å². The largest absolute Gasteiger partial charge is 0.344 e. The fourth-order valence-corrected chi connectivity index (χ4v) is 2.93. The summed E-state index contributed by atoms with van der Waals surface area (Å²) in [6.07, 6.45) is 0.818. The standard InChI is InChI=1S/C14H16ClN3O/c1-9-3-4-10-12(7-9)18(13(8-15)16-10)11-5-6-17(2)14(11)19/h3-4,7,11H,5-6,8H2,1-2H3. The Bertz CT molecular complexity index is 649. The predicted octanol–water partition coefficient (Wildman–Crippen LogP) is 2.49. The van der Waals surface area contributed by atoms with Gasteiger partial charge in [-0.1, -0.05) is 6.07 Å². The number of aromatic nitrogens is 2. The van der Waals surface area contributed by atoms with Crippen LogP contribution in [-0.4, -0.2) is 34.0 Å². The number of halogens is 1. The number of hydrogen-bond donors (Lipinski definition) is 0. The average Bonchev–Trinajstić information content (AvgIpc) is 2.91. The van der Waals surface area contributed by atoms with Gasteiger partial charge in [-0.3, -0.25) is 4.79 Å². The number of rotatable bonds is 2. The first kappa shape index (κ1) is 12.5. The lowest BCUT2D eigenvalue weighted by molar-refractivity contribution is -0.129. The average molecular weight is 278 g/mol. The van der Waals surface area contributed by atoms with Gasteiger partial charge >= 0.3 is 0 Å². The van der Waals surface area contributed by atoms with Crippen LogP contribution in [0.5, 0.6) is 0 Å². The zero-order chi connectivity index (χ0) is 13.6. The highest BCUT2D eigenvalue weighted by molar-refractivity contribution is 6.17. The number of hydrogen-bond acceptors (Lipinski definition) is 2. The highest BCUT2D eigenvalue weighted by Crippen LogP contribution is 2.29. The zero-order valence-corrected chi connectivity index (χ0v) is 11.8. The van der Waals surface area contributed by atoms with Crippen molar-refractivity contribution in [2.45, 2.75) is 25.3 Å². The summed E-state index contributed by atoms with van der Waals surface area (Å²) in [6, 6.07) is 5.93. The van der Waals surface area contributed by atoms with Crippen LogP contribution in [0, 0.1) is 6.92 Å². The van der Waals surface area contributed by atoms with Gasteiger partial charge in [-0.2, -0.15) is 0 Å². The Morgan fingerprint density at radius 1 is 1.47 bits per heavy atom. The van der Waals surface area contributed by atoms with E-state index in [1.807, 2.05) is 30.7 Å². The molecule has 1 aromatic carbocycles. The Hall–Kier alpha value is -1.55. The number of imidazole rings is 1. The second kappa shape index (κ2) is 4.53. The number of fused-ring (bicyclic) bond motifs is 1. The quantitative estimate of drug-likeness (QED) is 0.791. The van der Waals surface area contributed by atoms with Crippen molar-refractivity contribution in [3.8, 4) is 0 Å². The molecule has 5 heteroatoms. The van der Waals surface area contributed by atoms with Crippen molar-refractivity contribution in [2.24, 2.45) is 0 Å². The molecule has 0 saturated carbocycles. The smallest absolute Gasteiger partial charge is 0.245 e. The second-order valence-electron chi connectivity index (χ2n) is 5.09. The molecule has 1 amide bonds. The normalized spacial score (nSPS) is 19.6. The number of nitrogens with zero attached hydrogens (tertiary/aromatic N) is 3. The van der Waals surface area contributed by atoms with Gasteiger partial charge in [0.05, 0.1) is 16.9 Å². The number of likely N-dealkylation sites (tertiary alicyclic amines) is 1. The molecule has 100 valence electrons. The lowest BCUT2D eigenvalue weighted by Crippen LogP contribution is -2.25. The molecule has 1 aliphatic heterocycles. The van der Waals surface area contributed by atoms with E-state index in [0.29, 0.717) is 5.88 Å². The van der Waals surface area contributed by atoms with E-state index in [-0.39, 0.29) is 11.9 Å². The van der Waals surface area contributed by atoms with Crippen molar-refractivity contribution >= 4 is 28.5 Å². The molecular weight excluding hydrogens is 262 g/mol. The van der Waals surface area contributed by atoms with Gasteiger partial charge in [0.2, 0.25) is 5.91 Å². The summed E-state index contributed by atoms with van der Waals surface area (Å²) in [7, 11) is 1.84. The lowest BCUT2D eigenvalue weighted by atomic mass is 10.2. The number of carbonyl (C=O) groups is 1. The molecule has 1 saturated heterocycles. The van der Waals surface area contributed by atoms with Crippen molar-refractivity contribution in [2.75, 3.05) is 13.6 Å². The number of likely N-dealkylation sites (N-methyl/N-ethyl adjacent to an activating group) is 1. The van der Waals surface area contributed by atoms with Crippen molar-refractivity contribution in [3.05, 3.63) is 29.6 Å². The minimum Gasteiger partial charge on any atom is -0.344 e. The number of amides is 1. The van der Waals surface area contributed by atoms with Gasteiger partial charge in [0.1, 0.15) is 11.9 Å².